The van der Waals surface area contributed by atoms with Crippen LogP contribution in [0.2, 0.25) is 0 Å². The summed E-state index contributed by atoms with van der Waals surface area (Å²) < 4.78 is 9.22. The van der Waals surface area contributed by atoms with E-state index < -0.39 is 0 Å². The number of para-hydroxylation sites is 1. The third-order valence-electron chi connectivity index (χ3n) is 6.85. The number of fused-ring (bicyclic) bond motifs is 2. The van der Waals surface area contributed by atoms with E-state index in [0.29, 0.717) is 45.8 Å². The van der Waals surface area contributed by atoms with Crippen molar-refractivity contribution in [2.45, 2.75) is 46.1 Å². The lowest BCUT2D eigenvalue weighted by Gasteiger charge is -2.35. The first kappa shape index (κ1) is 19.7. The highest BCUT2D eigenvalue weighted by Gasteiger charge is 2.30. The second-order valence-corrected chi connectivity index (χ2v) is 8.65. The summed E-state index contributed by atoms with van der Waals surface area (Å²) in [4.78, 5) is 23.1. The zero-order valence-electron chi connectivity index (χ0n) is 18.4. The Hall–Kier alpha value is -3.22. The highest BCUT2D eigenvalue weighted by molar-refractivity contribution is 5.94. The number of hydrogen-bond donors (Lipinski definition) is 0. The predicted molar refractivity (Wildman–Crippen MR) is 120 cm³/mol. The van der Waals surface area contributed by atoms with Gasteiger partial charge in [-0.05, 0) is 43.4 Å². The van der Waals surface area contributed by atoms with Gasteiger partial charge in [-0.3, -0.25) is 4.79 Å². The van der Waals surface area contributed by atoms with Crippen LogP contribution in [0.15, 0.2) is 41.3 Å². The number of rotatable bonds is 3. The SMILES string of the molecule is COc1ccccc1-c1c2c(=O)n([C@@H]3CCC[C@@H](C)[C@@H]3C)ccc2nc2nc(C)nn12. The largest absolute Gasteiger partial charge is 0.496 e. The zero-order valence-corrected chi connectivity index (χ0v) is 18.4. The number of hydrogen-bond acceptors (Lipinski definition) is 5. The molecule has 0 spiro atoms. The molecule has 1 fully saturated rings. The minimum atomic E-state index is -0.0353. The lowest BCUT2D eigenvalue weighted by Crippen LogP contribution is -2.33. The van der Waals surface area contributed by atoms with E-state index in [2.05, 4.69) is 28.9 Å². The van der Waals surface area contributed by atoms with Crippen molar-refractivity contribution < 1.29 is 4.74 Å². The Bertz CT molecular complexity index is 1340. The van der Waals surface area contributed by atoms with E-state index in [4.69, 9.17) is 4.74 Å². The number of nitrogens with zero attached hydrogens (tertiary/aromatic N) is 5. The van der Waals surface area contributed by atoms with Gasteiger partial charge in [0, 0.05) is 17.8 Å². The molecule has 0 N–H and O–H groups in total. The number of ether oxygens (including phenoxy) is 1. The van der Waals surface area contributed by atoms with Crippen LogP contribution in [-0.4, -0.2) is 31.3 Å². The molecule has 0 bridgehead atoms. The maximum atomic E-state index is 13.9. The topological polar surface area (TPSA) is 74.3 Å². The average molecular weight is 418 g/mol. The molecular weight excluding hydrogens is 390 g/mol. The number of methoxy groups -OCH3 is 1. The van der Waals surface area contributed by atoms with Crippen molar-refractivity contribution in [2.24, 2.45) is 11.8 Å². The molecule has 7 heteroatoms. The normalized spacial score (nSPS) is 21.6. The first-order valence-corrected chi connectivity index (χ1v) is 10.9. The monoisotopic (exact) mass is 417 g/mol. The molecule has 4 aromatic rings. The molecule has 0 unspecified atom stereocenters. The Morgan fingerprint density at radius 1 is 1.10 bits per heavy atom. The minimum absolute atomic E-state index is 0.0353. The third-order valence-corrected chi connectivity index (χ3v) is 6.85. The van der Waals surface area contributed by atoms with Crippen LogP contribution in [0.5, 0.6) is 5.75 Å². The van der Waals surface area contributed by atoms with Gasteiger partial charge in [0.1, 0.15) is 11.6 Å². The second kappa shape index (κ2) is 7.48. The van der Waals surface area contributed by atoms with E-state index in [-0.39, 0.29) is 11.6 Å². The molecule has 3 aromatic heterocycles. The molecule has 1 saturated carbocycles. The minimum Gasteiger partial charge on any atom is -0.496 e. The maximum Gasteiger partial charge on any atom is 0.262 e. The van der Waals surface area contributed by atoms with Crippen LogP contribution >= 0.6 is 0 Å². The van der Waals surface area contributed by atoms with Gasteiger partial charge in [-0.1, -0.05) is 38.8 Å². The van der Waals surface area contributed by atoms with Gasteiger partial charge in [0.2, 0.25) is 0 Å². The lowest BCUT2D eigenvalue weighted by atomic mass is 9.78. The number of aromatic nitrogens is 5. The van der Waals surface area contributed by atoms with Gasteiger partial charge in [-0.25, -0.2) is 4.98 Å². The van der Waals surface area contributed by atoms with Gasteiger partial charge < -0.3 is 9.30 Å². The van der Waals surface area contributed by atoms with Crippen LogP contribution in [-0.2, 0) is 0 Å². The fourth-order valence-corrected chi connectivity index (χ4v) is 4.99. The molecule has 1 aliphatic rings. The third kappa shape index (κ3) is 3.10. The zero-order chi connectivity index (χ0) is 21.7. The summed E-state index contributed by atoms with van der Waals surface area (Å²) in [5, 5.41) is 5.12. The van der Waals surface area contributed by atoms with E-state index in [0.717, 1.165) is 18.4 Å². The molecule has 1 aromatic carbocycles. The summed E-state index contributed by atoms with van der Waals surface area (Å²) in [6.07, 6.45) is 5.27. The van der Waals surface area contributed by atoms with Crippen LogP contribution < -0.4 is 10.3 Å². The van der Waals surface area contributed by atoms with Crippen LogP contribution in [0.1, 0.15) is 45.0 Å². The molecule has 7 nitrogen and oxygen atoms in total. The van der Waals surface area contributed by atoms with Crippen molar-refractivity contribution in [2.75, 3.05) is 7.11 Å². The van der Waals surface area contributed by atoms with Gasteiger partial charge in [0.15, 0.2) is 0 Å². The van der Waals surface area contributed by atoms with Crippen LogP contribution in [0.3, 0.4) is 0 Å². The predicted octanol–water partition coefficient (Wildman–Crippen LogP) is 4.42. The molecule has 31 heavy (non-hydrogen) atoms. The summed E-state index contributed by atoms with van der Waals surface area (Å²) in [6, 6.07) is 9.81. The number of pyridine rings is 1. The van der Waals surface area contributed by atoms with Crippen LogP contribution in [0.25, 0.3) is 27.9 Å². The van der Waals surface area contributed by atoms with Gasteiger partial charge in [-0.2, -0.15) is 9.50 Å². The molecule has 5 rings (SSSR count). The first-order chi connectivity index (χ1) is 15.0. The summed E-state index contributed by atoms with van der Waals surface area (Å²) in [5.41, 5.74) is 2.06. The molecule has 0 aliphatic heterocycles. The van der Waals surface area contributed by atoms with Crippen molar-refractivity contribution in [3.05, 3.63) is 52.7 Å². The Morgan fingerprint density at radius 3 is 2.71 bits per heavy atom. The Morgan fingerprint density at radius 2 is 1.90 bits per heavy atom. The first-order valence-electron chi connectivity index (χ1n) is 10.9. The highest BCUT2D eigenvalue weighted by Crippen LogP contribution is 2.38. The van der Waals surface area contributed by atoms with Crippen LogP contribution in [0, 0.1) is 18.8 Å². The smallest absolute Gasteiger partial charge is 0.262 e. The average Bonchev–Trinajstić information content (AvgIpc) is 3.14. The van der Waals surface area contributed by atoms with Gasteiger partial charge in [0.25, 0.3) is 11.3 Å². The van der Waals surface area contributed by atoms with Crippen molar-refractivity contribution in [1.82, 2.24) is 24.1 Å². The maximum absolute atomic E-state index is 13.9. The van der Waals surface area contributed by atoms with E-state index in [9.17, 15) is 4.79 Å². The molecule has 0 radical (unpaired) electrons. The summed E-state index contributed by atoms with van der Waals surface area (Å²) in [5.74, 6) is 2.79. The van der Waals surface area contributed by atoms with Gasteiger partial charge in [0.05, 0.1) is 23.7 Å². The highest BCUT2D eigenvalue weighted by atomic mass is 16.5. The summed E-state index contributed by atoms with van der Waals surface area (Å²) >= 11 is 0. The Kier molecular flexibility index (Phi) is 4.76. The summed E-state index contributed by atoms with van der Waals surface area (Å²) in [7, 11) is 1.63. The Balaban J connectivity index is 1.87. The van der Waals surface area contributed by atoms with Gasteiger partial charge >= 0.3 is 0 Å². The van der Waals surface area contributed by atoms with E-state index in [1.165, 1.54) is 6.42 Å². The van der Waals surface area contributed by atoms with Crippen molar-refractivity contribution in [1.29, 1.82) is 0 Å². The van der Waals surface area contributed by atoms with Crippen LogP contribution in [0.4, 0.5) is 0 Å². The molecule has 1 aliphatic carbocycles. The quantitative estimate of drug-likeness (QED) is 0.493. The molecule has 0 amide bonds. The van der Waals surface area contributed by atoms with Gasteiger partial charge in [-0.15, -0.1) is 5.10 Å². The van der Waals surface area contributed by atoms with E-state index >= 15 is 0 Å². The molecular formula is C24H27N5O2. The second-order valence-electron chi connectivity index (χ2n) is 8.65. The van der Waals surface area contributed by atoms with E-state index in [1.807, 2.05) is 48.0 Å². The van der Waals surface area contributed by atoms with E-state index in [1.54, 1.807) is 11.6 Å². The van der Waals surface area contributed by atoms with Crippen molar-refractivity contribution in [3.63, 3.8) is 0 Å². The fourth-order valence-electron chi connectivity index (χ4n) is 4.99. The molecule has 160 valence electrons. The van der Waals surface area contributed by atoms with Crippen molar-refractivity contribution in [3.8, 4) is 17.0 Å². The lowest BCUT2D eigenvalue weighted by molar-refractivity contribution is 0.183. The molecule has 3 heterocycles. The fraction of sp³-hybridized carbons (Fsp3) is 0.417. The standard InChI is InChI=1S/C24H27N5O2/c1-14-8-7-10-19(15(14)2)28-13-12-18-21(23(28)30)22(17-9-5-6-11-20(17)31-4)29-24(26-18)25-16(3)27-29/h5-6,9,11-15,19H,7-8,10H2,1-4H3/t14-,15+,19-/m1/s1. The molecule has 0 saturated heterocycles. The Labute approximate surface area is 180 Å². The number of aryl methyl sites for hydroxylation is 1. The summed E-state index contributed by atoms with van der Waals surface area (Å²) in [6.45, 7) is 6.37. The van der Waals surface area contributed by atoms with Crippen molar-refractivity contribution >= 4 is 16.7 Å². The molecule has 3 atom stereocenters. The number of benzene rings is 1.